The lowest BCUT2D eigenvalue weighted by atomic mass is 9.51. The van der Waals surface area contributed by atoms with Gasteiger partial charge < -0.3 is 28.8 Å². The van der Waals surface area contributed by atoms with Gasteiger partial charge in [0.05, 0.1) is 23.5 Å². The fraction of sp³-hybridized carbons (Fsp3) is 0.792. The second-order valence-electron chi connectivity index (χ2n) is 10.5. The van der Waals surface area contributed by atoms with E-state index < -0.39 is 58.9 Å². The molecule has 0 amide bonds. The smallest absolute Gasteiger partial charge is 0.306 e. The monoisotopic (exact) mass is 466 g/mol. The van der Waals surface area contributed by atoms with Gasteiger partial charge in [-0.1, -0.05) is 26.8 Å². The summed E-state index contributed by atoms with van der Waals surface area (Å²) in [7, 11) is 0. The Hall–Kier alpha value is -1.97. The lowest BCUT2D eigenvalue weighted by Crippen LogP contribution is -2.68. The highest BCUT2D eigenvalue weighted by molar-refractivity contribution is 5.70. The third kappa shape index (κ3) is 3.51. The number of rotatable bonds is 6. The fourth-order valence-corrected chi connectivity index (χ4v) is 6.26. The molecule has 2 aliphatic heterocycles. The number of carbonyl (C=O) groups is 3. The number of esters is 3. The lowest BCUT2D eigenvalue weighted by molar-refractivity contribution is -0.241. The standard InChI is InChI=1S/C24H34O9/c1-12(2)7-18(27)32-16-9-23(10-29-14(4)25)17(8-13(16)3)33-21-19(28)20(31-15(5)26)22(23,6)24(21)11-30-24/h8,12,16-17,19-21,28H,7,9-11H2,1-6H3/t16?,17?,19-,20-,21?,22-,23?,24+/m1/s1. The molecule has 3 fully saturated rings. The number of epoxide rings is 1. The summed E-state index contributed by atoms with van der Waals surface area (Å²) in [5.41, 5.74) is -2.00. The second-order valence-corrected chi connectivity index (χ2v) is 10.5. The van der Waals surface area contributed by atoms with E-state index in [2.05, 4.69) is 0 Å². The first kappa shape index (κ1) is 24.2. The van der Waals surface area contributed by atoms with Crippen molar-refractivity contribution in [2.24, 2.45) is 16.7 Å². The summed E-state index contributed by atoms with van der Waals surface area (Å²) in [5.74, 6) is -1.18. The SMILES string of the molecule is CC(=O)OCC12CC(OC(=O)CC(C)C)C(C)=CC1OC1[C@H](O)[C@@H](OC(C)=O)[C@@]2(C)[C@]12CO2. The zero-order valence-corrected chi connectivity index (χ0v) is 20.1. The molecule has 1 spiro atoms. The number of hydrogen-bond donors (Lipinski definition) is 1. The number of aliphatic hydroxyl groups is 1. The molecule has 1 saturated carbocycles. The molecule has 1 N–H and O–H groups in total. The Morgan fingerprint density at radius 3 is 2.42 bits per heavy atom. The zero-order chi connectivity index (χ0) is 24.3. The van der Waals surface area contributed by atoms with Crippen molar-refractivity contribution in [2.45, 2.75) is 90.5 Å². The molecule has 9 nitrogen and oxygen atoms in total. The molecule has 2 bridgehead atoms. The van der Waals surface area contributed by atoms with Gasteiger partial charge in [-0.15, -0.1) is 0 Å². The molecule has 2 saturated heterocycles. The molecule has 0 aromatic carbocycles. The summed E-state index contributed by atoms with van der Waals surface area (Å²) in [6, 6.07) is 0. The van der Waals surface area contributed by atoms with E-state index in [-0.39, 0.29) is 31.3 Å². The van der Waals surface area contributed by atoms with Crippen LogP contribution in [0.15, 0.2) is 11.6 Å². The van der Waals surface area contributed by atoms with Crippen molar-refractivity contribution in [3.8, 4) is 0 Å². The van der Waals surface area contributed by atoms with E-state index in [1.165, 1.54) is 13.8 Å². The average Bonchev–Trinajstić information content (AvgIpc) is 3.48. The molecule has 0 aromatic heterocycles. The Morgan fingerprint density at radius 1 is 1.21 bits per heavy atom. The van der Waals surface area contributed by atoms with E-state index in [1.807, 2.05) is 33.8 Å². The van der Waals surface area contributed by atoms with Crippen LogP contribution >= 0.6 is 0 Å². The quantitative estimate of drug-likeness (QED) is 0.270. The Morgan fingerprint density at radius 2 is 1.88 bits per heavy atom. The van der Waals surface area contributed by atoms with Crippen molar-refractivity contribution in [3.63, 3.8) is 0 Å². The maximum Gasteiger partial charge on any atom is 0.306 e. The number of aliphatic hydroxyl groups excluding tert-OH is 1. The van der Waals surface area contributed by atoms with Gasteiger partial charge >= 0.3 is 17.9 Å². The number of carbonyl (C=O) groups excluding carboxylic acids is 3. The molecule has 8 atom stereocenters. The van der Waals surface area contributed by atoms with Crippen LogP contribution < -0.4 is 0 Å². The van der Waals surface area contributed by atoms with Gasteiger partial charge in [-0.05, 0) is 18.4 Å². The third-order valence-corrected chi connectivity index (χ3v) is 8.00. The van der Waals surface area contributed by atoms with Crippen LogP contribution in [0, 0.1) is 16.7 Å². The van der Waals surface area contributed by atoms with Crippen LogP contribution in [0.4, 0.5) is 0 Å². The first-order valence-electron chi connectivity index (χ1n) is 11.5. The minimum absolute atomic E-state index is 0.0617. The minimum Gasteiger partial charge on any atom is -0.465 e. The summed E-state index contributed by atoms with van der Waals surface area (Å²) in [6.07, 6.45) is -1.46. The summed E-state index contributed by atoms with van der Waals surface area (Å²) in [5, 5.41) is 11.2. The van der Waals surface area contributed by atoms with Crippen molar-refractivity contribution in [3.05, 3.63) is 11.6 Å². The Bertz CT molecular complexity index is 875. The number of fused-ring (bicyclic) bond motifs is 2. The van der Waals surface area contributed by atoms with Crippen LogP contribution in [0.1, 0.15) is 54.4 Å². The van der Waals surface area contributed by atoms with Crippen LogP contribution in [0.3, 0.4) is 0 Å². The predicted octanol–water partition coefficient (Wildman–Crippen LogP) is 1.69. The van der Waals surface area contributed by atoms with E-state index in [0.717, 1.165) is 5.57 Å². The average molecular weight is 467 g/mol. The normalized spacial score (nSPS) is 43.0. The first-order valence-corrected chi connectivity index (χ1v) is 11.5. The minimum atomic E-state index is -1.11. The molecule has 4 aliphatic rings. The van der Waals surface area contributed by atoms with Gasteiger partial charge in [0, 0.05) is 26.7 Å². The molecule has 0 aromatic rings. The highest BCUT2D eigenvalue weighted by Gasteiger charge is 2.86. The lowest BCUT2D eigenvalue weighted by Gasteiger charge is -2.58. The Labute approximate surface area is 193 Å². The van der Waals surface area contributed by atoms with Gasteiger partial charge in [-0.3, -0.25) is 14.4 Å². The van der Waals surface area contributed by atoms with Gasteiger partial charge in [0.2, 0.25) is 0 Å². The molecular formula is C24H34O9. The highest BCUT2D eigenvalue weighted by atomic mass is 16.7. The summed E-state index contributed by atoms with van der Waals surface area (Å²) in [4.78, 5) is 36.4. The molecule has 184 valence electrons. The summed E-state index contributed by atoms with van der Waals surface area (Å²) >= 11 is 0. The summed E-state index contributed by atoms with van der Waals surface area (Å²) in [6.45, 7) is 10.5. The maximum atomic E-state index is 12.5. The topological polar surface area (TPSA) is 121 Å². The van der Waals surface area contributed by atoms with Gasteiger partial charge in [0.15, 0.2) is 0 Å². The molecule has 33 heavy (non-hydrogen) atoms. The van der Waals surface area contributed by atoms with Gasteiger partial charge in [0.25, 0.3) is 0 Å². The fourth-order valence-electron chi connectivity index (χ4n) is 6.26. The van der Waals surface area contributed by atoms with Gasteiger partial charge in [-0.2, -0.15) is 0 Å². The van der Waals surface area contributed by atoms with E-state index >= 15 is 0 Å². The van der Waals surface area contributed by atoms with Crippen molar-refractivity contribution in [2.75, 3.05) is 13.2 Å². The summed E-state index contributed by atoms with van der Waals surface area (Å²) < 4.78 is 29.4. The van der Waals surface area contributed by atoms with Gasteiger partial charge in [-0.25, -0.2) is 0 Å². The number of hydrogen-bond acceptors (Lipinski definition) is 9. The third-order valence-electron chi connectivity index (χ3n) is 8.00. The Balaban J connectivity index is 1.79. The second kappa shape index (κ2) is 8.06. The maximum absolute atomic E-state index is 12.5. The van der Waals surface area contributed by atoms with Crippen molar-refractivity contribution >= 4 is 17.9 Å². The molecular weight excluding hydrogens is 432 g/mol. The van der Waals surface area contributed by atoms with E-state index in [9.17, 15) is 19.5 Å². The van der Waals surface area contributed by atoms with Crippen LogP contribution in [0.5, 0.6) is 0 Å². The molecule has 4 rings (SSSR count). The van der Waals surface area contributed by atoms with Crippen molar-refractivity contribution in [1.82, 2.24) is 0 Å². The predicted molar refractivity (Wildman–Crippen MR) is 114 cm³/mol. The van der Waals surface area contributed by atoms with Crippen molar-refractivity contribution < 1.29 is 43.2 Å². The van der Waals surface area contributed by atoms with E-state index in [0.29, 0.717) is 6.61 Å². The molecule has 4 unspecified atom stereocenters. The van der Waals surface area contributed by atoms with Crippen LogP contribution in [-0.4, -0.2) is 72.3 Å². The van der Waals surface area contributed by atoms with E-state index in [4.69, 9.17) is 23.7 Å². The largest absolute Gasteiger partial charge is 0.465 e. The first-order chi connectivity index (χ1) is 15.4. The van der Waals surface area contributed by atoms with Crippen molar-refractivity contribution in [1.29, 1.82) is 0 Å². The molecule has 2 aliphatic carbocycles. The highest BCUT2D eigenvalue weighted by Crippen LogP contribution is 2.72. The Kier molecular flexibility index (Phi) is 5.90. The molecule has 9 heteroatoms. The zero-order valence-electron chi connectivity index (χ0n) is 20.1. The van der Waals surface area contributed by atoms with E-state index in [1.54, 1.807) is 0 Å². The molecule has 2 heterocycles. The van der Waals surface area contributed by atoms with Crippen LogP contribution in [0.2, 0.25) is 0 Å². The van der Waals surface area contributed by atoms with Crippen LogP contribution in [0.25, 0.3) is 0 Å². The van der Waals surface area contributed by atoms with Gasteiger partial charge in [0.1, 0.15) is 36.6 Å². The molecule has 0 radical (unpaired) electrons. The number of ether oxygens (including phenoxy) is 5. The van der Waals surface area contributed by atoms with Crippen LogP contribution in [-0.2, 0) is 38.1 Å².